The molecular formula is C20H17ClFN3O. The van der Waals surface area contributed by atoms with E-state index >= 15 is 0 Å². The molecule has 0 radical (unpaired) electrons. The number of hydrogen-bond acceptors (Lipinski definition) is 2. The second-order valence-corrected chi connectivity index (χ2v) is 6.72. The van der Waals surface area contributed by atoms with Gasteiger partial charge in [-0.05, 0) is 55.3 Å². The summed E-state index contributed by atoms with van der Waals surface area (Å²) < 4.78 is 15.8. The van der Waals surface area contributed by atoms with Crippen molar-refractivity contribution < 1.29 is 9.18 Å². The van der Waals surface area contributed by atoms with Crippen molar-refractivity contribution in [2.75, 3.05) is 13.1 Å². The van der Waals surface area contributed by atoms with Crippen molar-refractivity contribution in [1.82, 2.24) is 14.7 Å². The number of hydrogen-bond donors (Lipinski definition) is 0. The summed E-state index contributed by atoms with van der Waals surface area (Å²) in [5.74, 6) is -0.457. The van der Waals surface area contributed by atoms with Gasteiger partial charge in [-0.3, -0.25) is 4.79 Å². The number of carbonyl (C=O) groups excluding carboxylic acids is 1. The van der Waals surface area contributed by atoms with Gasteiger partial charge in [0.25, 0.3) is 5.91 Å². The lowest BCUT2D eigenvalue weighted by molar-refractivity contribution is 0.0784. The van der Waals surface area contributed by atoms with Crippen LogP contribution in [0.1, 0.15) is 23.3 Å². The lowest BCUT2D eigenvalue weighted by atomic mass is 10.1. The van der Waals surface area contributed by atoms with Gasteiger partial charge in [0.2, 0.25) is 0 Å². The number of halogens is 2. The fourth-order valence-corrected chi connectivity index (χ4v) is 3.32. The Morgan fingerprint density at radius 2 is 1.73 bits per heavy atom. The Morgan fingerprint density at radius 1 is 1.04 bits per heavy atom. The van der Waals surface area contributed by atoms with Gasteiger partial charge in [-0.2, -0.15) is 5.10 Å². The molecule has 0 bridgehead atoms. The topological polar surface area (TPSA) is 38.1 Å². The normalized spacial score (nSPS) is 14.0. The first-order chi connectivity index (χ1) is 12.6. The molecule has 2 aromatic carbocycles. The van der Waals surface area contributed by atoms with Crippen LogP contribution < -0.4 is 0 Å². The van der Waals surface area contributed by atoms with Crippen LogP contribution in [0.25, 0.3) is 16.9 Å². The van der Waals surface area contributed by atoms with E-state index in [0.29, 0.717) is 27.7 Å². The average molecular weight is 370 g/mol. The van der Waals surface area contributed by atoms with E-state index in [1.807, 2.05) is 4.90 Å². The first kappa shape index (κ1) is 16.8. The highest BCUT2D eigenvalue weighted by molar-refractivity contribution is 6.30. The number of aromatic nitrogens is 2. The standard InChI is InChI=1S/C20H17ClFN3O/c21-14-7-9-15(10-8-14)25-19(20(26)24-11-3-4-12-24)13-18(23-25)16-5-1-2-6-17(16)22/h1-2,5-10,13H,3-4,11-12H2. The first-order valence-corrected chi connectivity index (χ1v) is 8.91. The third-order valence-electron chi connectivity index (χ3n) is 4.54. The van der Waals surface area contributed by atoms with E-state index in [-0.39, 0.29) is 11.7 Å². The van der Waals surface area contributed by atoms with Gasteiger partial charge in [-0.25, -0.2) is 9.07 Å². The quantitative estimate of drug-likeness (QED) is 0.678. The molecule has 4 rings (SSSR count). The third-order valence-corrected chi connectivity index (χ3v) is 4.79. The van der Waals surface area contributed by atoms with E-state index in [2.05, 4.69) is 5.10 Å². The number of carbonyl (C=O) groups is 1. The summed E-state index contributed by atoms with van der Waals surface area (Å²) in [5.41, 5.74) is 1.93. The summed E-state index contributed by atoms with van der Waals surface area (Å²) in [5, 5.41) is 5.12. The van der Waals surface area contributed by atoms with E-state index < -0.39 is 0 Å². The molecule has 0 N–H and O–H groups in total. The maximum atomic E-state index is 14.2. The number of rotatable bonds is 3. The molecule has 2 heterocycles. The van der Waals surface area contributed by atoms with Crippen LogP contribution in [-0.2, 0) is 0 Å². The molecule has 26 heavy (non-hydrogen) atoms. The van der Waals surface area contributed by atoms with Crippen LogP contribution in [-0.4, -0.2) is 33.7 Å². The Balaban J connectivity index is 1.83. The monoisotopic (exact) mass is 369 g/mol. The fourth-order valence-electron chi connectivity index (χ4n) is 3.20. The number of amides is 1. The van der Waals surface area contributed by atoms with Crippen molar-refractivity contribution in [2.45, 2.75) is 12.8 Å². The minimum Gasteiger partial charge on any atom is -0.337 e. The second kappa shape index (κ2) is 6.92. The Hall–Kier alpha value is -2.66. The van der Waals surface area contributed by atoms with Crippen molar-refractivity contribution in [3.8, 4) is 16.9 Å². The molecule has 4 nitrogen and oxygen atoms in total. The van der Waals surface area contributed by atoms with Gasteiger partial charge in [-0.1, -0.05) is 23.7 Å². The predicted molar refractivity (Wildman–Crippen MR) is 99.1 cm³/mol. The summed E-state index contributed by atoms with van der Waals surface area (Å²) in [6, 6.07) is 15.2. The van der Waals surface area contributed by atoms with Gasteiger partial charge >= 0.3 is 0 Å². The lowest BCUT2D eigenvalue weighted by Gasteiger charge is -2.16. The third kappa shape index (κ3) is 3.10. The van der Waals surface area contributed by atoms with Gasteiger partial charge in [-0.15, -0.1) is 0 Å². The number of likely N-dealkylation sites (tertiary alicyclic amines) is 1. The van der Waals surface area contributed by atoms with Crippen LogP contribution in [0.15, 0.2) is 54.6 Å². The average Bonchev–Trinajstić information content (AvgIpc) is 3.32. The van der Waals surface area contributed by atoms with Gasteiger partial charge in [0.1, 0.15) is 11.5 Å². The van der Waals surface area contributed by atoms with Crippen LogP contribution in [0.3, 0.4) is 0 Å². The summed E-state index contributed by atoms with van der Waals surface area (Å²) in [6.07, 6.45) is 2.00. The van der Waals surface area contributed by atoms with E-state index in [0.717, 1.165) is 25.9 Å². The van der Waals surface area contributed by atoms with E-state index in [4.69, 9.17) is 11.6 Å². The van der Waals surface area contributed by atoms with Crippen molar-refractivity contribution in [2.24, 2.45) is 0 Å². The van der Waals surface area contributed by atoms with Crippen LogP contribution in [0.4, 0.5) is 4.39 Å². The molecule has 1 aliphatic heterocycles. The molecule has 1 amide bonds. The van der Waals surface area contributed by atoms with E-state index in [9.17, 15) is 9.18 Å². The molecule has 0 unspecified atom stereocenters. The maximum Gasteiger partial charge on any atom is 0.272 e. The second-order valence-electron chi connectivity index (χ2n) is 6.28. The summed E-state index contributed by atoms with van der Waals surface area (Å²) in [4.78, 5) is 14.8. The Morgan fingerprint density at radius 3 is 2.42 bits per heavy atom. The summed E-state index contributed by atoms with van der Waals surface area (Å²) in [6.45, 7) is 1.47. The highest BCUT2D eigenvalue weighted by Crippen LogP contribution is 2.26. The molecule has 0 atom stereocenters. The summed E-state index contributed by atoms with van der Waals surface area (Å²) >= 11 is 5.97. The van der Waals surface area contributed by atoms with Crippen LogP contribution >= 0.6 is 11.6 Å². The van der Waals surface area contributed by atoms with Crippen LogP contribution in [0.5, 0.6) is 0 Å². The molecule has 1 aromatic heterocycles. The zero-order valence-corrected chi connectivity index (χ0v) is 14.8. The Bertz CT molecular complexity index is 946. The lowest BCUT2D eigenvalue weighted by Crippen LogP contribution is -2.29. The highest BCUT2D eigenvalue weighted by atomic mass is 35.5. The molecule has 3 aromatic rings. The molecule has 0 aliphatic carbocycles. The van der Waals surface area contributed by atoms with Crippen molar-refractivity contribution in [3.05, 3.63) is 71.1 Å². The molecular weight excluding hydrogens is 353 g/mol. The van der Waals surface area contributed by atoms with Gasteiger partial charge < -0.3 is 4.90 Å². The zero-order valence-electron chi connectivity index (χ0n) is 14.0. The van der Waals surface area contributed by atoms with Crippen LogP contribution in [0, 0.1) is 5.82 Å². The Labute approximate surface area is 155 Å². The maximum absolute atomic E-state index is 14.2. The minimum absolute atomic E-state index is 0.0902. The minimum atomic E-state index is -0.367. The summed E-state index contributed by atoms with van der Waals surface area (Å²) in [7, 11) is 0. The molecule has 132 valence electrons. The van der Waals surface area contributed by atoms with E-state index in [1.54, 1.807) is 53.2 Å². The molecule has 0 spiro atoms. The smallest absolute Gasteiger partial charge is 0.272 e. The Kier molecular flexibility index (Phi) is 4.47. The fraction of sp³-hybridized carbons (Fsp3) is 0.200. The van der Waals surface area contributed by atoms with Crippen molar-refractivity contribution >= 4 is 17.5 Å². The van der Waals surface area contributed by atoms with Gasteiger partial charge in [0.15, 0.2) is 0 Å². The highest BCUT2D eigenvalue weighted by Gasteiger charge is 2.25. The number of nitrogens with zero attached hydrogens (tertiary/aromatic N) is 3. The molecule has 1 fully saturated rings. The number of benzene rings is 2. The van der Waals surface area contributed by atoms with Crippen LogP contribution in [0.2, 0.25) is 5.02 Å². The molecule has 6 heteroatoms. The SMILES string of the molecule is O=C(c1cc(-c2ccccc2F)nn1-c1ccc(Cl)cc1)N1CCCC1. The van der Waals surface area contributed by atoms with E-state index in [1.165, 1.54) is 6.07 Å². The first-order valence-electron chi connectivity index (χ1n) is 8.54. The van der Waals surface area contributed by atoms with Gasteiger partial charge in [0.05, 0.1) is 11.4 Å². The van der Waals surface area contributed by atoms with Crippen molar-refractivity contribution in [3.63, 3.8) is 0 Å². The predicted octanol–water partition coefficient (Wildman–Crippen LogP) is 4.57. The van der Waals surface area contributed by atoms with Gasteiger partial charge in [0, 0.05) is 23.7 Å². The molecule has 1 aliphatic rings. The zero-order chi connectivity index (χ0) is 18.1. The van der Waals surface area contributed by atoms with Crippen molar-refractivity contribution in [1.29, 1.82) is 0 Å². The molecule has 0 saturated carbocycles. The largest absolute Gasteiger partial charge is 0.337 e. The molecule has 1 saturated heterocycles.